The maximum atomic E-state index is 4.71. The van der Waals surface area contributed by atoms with E-state index in [9.17, 15) is 0 Å². The quantitative estimate of drug-likeness (QED) is 0.521. The van der Waals surface area contributed by atoms with Gasteiger partial charge in [0.25, 0.3) is 0 Å². The maximum Gasteiger partial charge on any atom is 0.0630 e. The molecule has 0 spiro atoms. The Hall–Kier alpha value is -1.89. The molecule has 0 amide bonds. The van der Waals surface area contributed by atoms with Crippen molar-refractivity contribution >= 4 is 11.9 Å². The van der Waals surface area contributed by atoms with E-state index in [1.807, 2.05) is 6.21 Å². The zero-order valence-corrected chi connectivity index (χ0v) is 16.7. The van der Waals surface area contributed by atoms with Crippen LogP contribution >= 0.6 is 0 Å². The number of hydrogen-bond donors (Lipinski definition) is 0. The molecule has 2 aromatic rings. The van der Waals surface area contributed by atoms with Crippen LogP contribution in [-0.2, 0) is 5.41 Å². The van der Waals surface area contributed by atoms with Gasteiger partial charge in [-0.1, -0.05) is 50.2 Å². The van der Waals surface area contributed by atoms with Crippen molar-refractivity contribution in [2.75, 3.05) is 0 Å². The molecule has 1 nitrogen and oxygen atoms in total. The number of hydrogen-bond acceptors (Lipinski definition) is 1. The van der Waals surface area contributed by atoms with Crippen molar-refractivity contribution in [2.45, 2.75) is 63.7 Å². The summed E-state index contributed by atoms with van der Waals surface area (Å²) in [4.78, 5) is 4.71. The molecule has 6 rings (SSSR count). The van der Waals surface area contributed by atoms with Crippen LogP contribution in [0.5, 0.6) is 0 Å². The van der Waals surface area contributed by atoms with Gasteiger partial charge in [0.15, 0.2) is 0 Å². The molecule has 0 radical (unpaired) electrons. The third-order valence-electron chi connectivity index (χ3n) is 7.48. The average molecular weight is 358 g/mol. The lowest BCUT2D eigenvalue weighted by Crippen LogP contribution is -2.48. The van der Waals surface area contributed by atoms with Gasteiger partial charge in [-0.15, -0.1) is 0 Å². The van der Waals surface area contributed by atoms with Crippen LogP contribution < -0.4 is 0 Å². The molecule has 0 aromatic heterocycles. The lowest BCUT2D eigenvalue weighted by Gasteiger charge is -2.57. The largest absolute Gasteiger partial charge is 0.256 e. The Bertz CT molecular complexity index is 790. The van der Waals surface area contributed by atoms with Crippen LogP contribution in [0.25, 0.3) is 0 Å². The number of benzene rings is 2. The van der Waals surface area contributed by atoms with E-state index in [0.717, 1.165) is 23.4 Å². The van der Waals surface area contributed by atoms with Gasteiger partial charge in [0.1, 0.15) is 0 Å². The van der Waals surface area contributed by atoms with Crippen LogP contribution in [0.1, 0.15) is 75.0 Å². The van der Waals surface area contributed by atoms with E-state index < -0.39 is 0 Å². The van der Waals surface area contributed by atoms with Crippen molar-refractivity contribution in [3.8, 4) is 0 Å². The summed E-state index contributed by atoms with van der Waals surface area (Å²) in [6, 6.07) is 18.0. The minimum absolute atomic E-state index is 0.490. The predicted molar refractivity (Wildman–Crippen MR) is 114 cm³/mol. The second kappa shape index (κ2) is 6.62. The first-order chi connectivity index (χ1) is 13.1. The van der Waals surface area contributed by atoms with Crippen LogP contribution in [0.2, 0.25) is 0 Å². The molecule has 4 saturated carbocycles. The smallest absolute Gasteiger partial charge is 0.0630 e. The Labute approximate surface area is 163 Å². The van der Waals surface area contributed by atoms with E-state index in [1.165, 1.54) is 49.7 Å². The topological polar surface area (TPSA) is 12.4 Å². The van der Waals surface area contributed by atoms with Gasteiger partial charge in [0.2, 0.25) is 0 Å². The van der Waals surface area contributed by atoms with E-state index in [1.54, 1.807) is 5.56 Å². The Morgan fingerprint density at radius 2 is 1.37 bits per heavy atom. The minimum atomic E-state index is 0.490. The van der Waals surface area contributed by atoms with E-state index in [-0.39, 0.29) is 0 Å². The molecule has 4 bridgehead atoms. The summed E-state index contributed by atoms with van der Waals surface area (Å²) in [6.07, 6.45) is 10.8. The number of rotatable bonds is 4. The van der Waals surface area contributed by atoms with E-state index in [0.29, 0.717) is 11.3 Å². The van der Waals surface area contributed by atoms with E-state index in [4.69, 9.17) is 4.99 Å². The standard InChI is InChI=1S/C26H31N/c1-18(2)23-5-3-19(4-6-23)17-27-25-9-7-24(8-10-25)26-14-20-11-21(15-26)13-22(12-20)16-26/h3-10,17-18,20-22H,11-16H2,1-2H3. The van der Waals surface area contributed by atoms with Gasteiger partial charge >= 0.3 is 0 Å². The molecule has 0 atom stereocenters. The summed E-state index contributed by atoms with van der Waals surface area (Å²) in [6.45, 7) is 4.46. The first-order valence-corrected chi connectivity index (χ1v) is 10.8. The predicted octanol–water partition coefficient (Wildman–Crippen LogP) is 7.03. The zero-order valence-electron chi connectivity index (χ0n) is 16.7. The first kappa shape index (κ1) is 17.2. The van der Waals surface area contributed by atoms with Crippen molar-refractivity contribution in [1.29, 1.82) is 0 Å². The van der Waals surface area contributed by atoms with Gasteiger partial charge in [-0.2, -0.15) is 0 Å². The van der Waals surface area contributed by atoms with Gasteiger partial charge in [0.05, 0.1) is 5.69 Å². The van der Waals surface area contributed by atoms with Crippen molar-refractivity contribution < 1.29 is 0 Å². The third-order valence-corrected chi connectivity index (χ3v) is 7.48. The molecule has 1 heteroatoms. The monoisotopic (exact) mass is 357 g/mol. The molecule has 4 aliphatic rings. The van der Waals surface area contributed by atoms with E-state index in [2.05, 4.69) is 62.4 Å². The summed E-state index contributed by atoms with van der Waals surface area (Å²) in [5, 5.41) is 0. The Kier molecular flexibility index (Phi) is 4.22. The average Bonchev–Trinajstić information content (AvgIpc) is 2.66. The van der Waals surface area contributed by atoms with Gasteiger partial charge in [-0.05, 0) is 96.4 Å². The van der Waals surface area contributed by atoms with Crippen LogP contribution in [0.3, 0.4) is 0 Å². The van der Waals surface area contributed by atoms with Gasteiger partial charge in [0, 0.05) is 6.21 Å². The fourth-order valence-electron chi connectivity index (χ4n) is 6.48. The van der Waals surface area contributed by atoms with Crippen molar-refractivity contribution in [3.05, 3.63) is 65.2 Å². The molecule has 2 aromatic carbocycles. The molecule has 0 saturated heterocycles. The van der Waals surface area contributed by atoms with Crippen molar-refractivity contribution in [3.63, 3.8) is 0 Å². The molecule has 4 aliphatic carbocycles. The number of nitrogens with zero attached hydrogens (tertiary/aromatic N) is 1. The molecule has 27 heavy (non-hydrogen) atoms. The molecular weight excluding hydrogens is 326 g/mol. The zero-order chi connectivity index (χ0) is 18.4. The van der Waals surface area contributed by atoms with Crippen LogP contribution in [0.4, 0.5) is 5.69 Å². The van der Waals surface area contributed by atoms with Crippen molar-refractivity contribution in [2.24, 2.45) is 22.7 Å². The number of aliphatic imine (C=N–C) groups is 1. The highest BCUT2D eigenvalue weighted by Crippen LogP contribution is 2.60. The molecule has 0 heterocycles. The van der Waals surface area contributed by atoms with Crippen LogP contribution in [0.15, 0.2) is 53.5 Å². The highest BCUT2D eigenvalue weighted by molar-refractivity contribution is 5.82. The molecule has 0 N–H and O–H groups in total. The van der Waals surface area contributed by atoms with Gasteiger partial charge in [-0.3, -0.25) is 4.99 Å². The summed E-state index contributed by atoms with van der Waals surface area (Å²) in [5.41, 5.74) is 5.69. The first-order valence-electron chi connectivity index (χ1n) is 10.8. The lowest BCUT2D eigenvalue weighted by atomic mass is 9.48. The fraction of sp³-hybridized carbons (Fsp3) is 0.500. The molecule has 0 unspecified atom stereocenters. The molecular formula is C26H31N. The normalized spacial score (nSPS) is 31.9. The minimum Gasteiger partial charge on any atom is -0.256 e. The van der Waals surface area contributed by atoms with Crippen LogP contribution in [0, 0.1) is 17.8 Å². The van der Waals surface area contributed by atoms with E-state index >= 15 is 0 Å². The molecule has 4 fully saturated rings. The second-order valence-electron chi connectivity index (χ2n) is 9.82. The third kappa shape index (κ3) is 3.26. The Morgan fingerprint density at radius 1 is 0.815 bits per heavy atom. The van der Waals surface area contributed by atoms with Gasteiger partial charge in [-0.25, -0.2) is 0 Å². The second-order valence-corrected chi connectivity index (χ2v) is 9.82. The molecule has 140 valence electrons. The Balaban J connectivity index is 1.32. The van der Waals surface area contributed by atoms with Crippen molar-refractivity contribution in [1.82, 2.24) is 0 Å². The van der Waals surface area contributed by atoms with Crippen LogP contribution in [-0.4, -0.2) is 6.21 Å². The SMILES string of the molecule is CC(C)c1ccc(C=Nc2ccc(C34CC5CC(CC(C5)C3)C4)cc2)cc1. The highest BCUT2D eigenvalue weighted by atomic mass is 14.7. The summed E-state index contributed by atoms with van der Waals surface area (Å²) < 4.78 is 0. The maximum absolute atomic E-state index is 4.71. The molecule has 0 aliphatic heterocycles. The summed E-state index contributed by atoms with van der Waals surface area (Å²) in [7, 11) is 0. The highest BCUT2D eigenvalue weighted by Gasteiger charge is 2.51. The Morgan fingerprint density at radius 3 is 1.89 bits per heavy atom. The lowest BCUT2D eigenvalue weighted by molar-refractivity contribution is -0.00518. The summed E-state index contributed by atoms with van der Waals surface area (Å²) in [5.74, 6) is 3.58. The van der Waals surface area contributed by atoms with Gasteiger partial charge < -0.3 is 0 Å². The summed E-state index contributed by atoms with van der Waals surface area (Å²) >= 11 is 0. The fourth-order valence-corrected chi connectivity index (χ4v) is 6.48.